The van der Waals surface area contributed by atoms with E-state index in [0.717, 1.165) is 29.4 Å². The van der Waals surface area contributed by atoms with Crippen LogP contribution in [0.15, 0.2) is 59.4 Å². The number of allylic oxidation sites excluding steroid dienone is 1. The van der Waals surface area contributed by atoms with Gasteiger partial charge in [0.15, 0.2) is 11.6 Å². The number of imidazole rings is 1. The second-order valence-electron chi connectivity index (χ2n) is 6.30. The second kappa shape index (κ2) is 6.78. The molecule has 0 spiro atoms. The summed E-state index contributed by atoms with van der Waals surface area (Å²) in [7, 11) is 0. The maximum Gasteiger partial charge on any atom is 0.416 e. The lowest BCUT2D eigenvalue weighted by Gasteiger charge is -2.30. The van der Waals surface area contributed by atoms with Crippen LogP contribution in [-0.4, -0.2) is 22.4 Å². The number of benzene rings is 2. The van der Waals surface area contributed by atoms with Gasteiger partial charge in [-0.2, -0.15) is 13.2 Å². The summed E-state index contributed by atoms with van der Waals surface area (Å²) in [6.07, 6.45) is -2.74. The molecule has 0 amide bonds. The summed E-state index contributed by atoms with van der Waals surface area (Å²) in [6, 6.07) is 12.0. The fraction of sp³-hybridized carbons (Fsp3) is 0.200. The molecule has 0 fully saturated rings. The summed E-state index contributed by atoms with van der Waals surface area (Å²) in [6.45, 7) is 2.00. The zero-order valence-corrected chi connectivity index (χ0v) is 14.9. The average molecular weight is 388 g/mol. The fourth-order valence-electron chi connectivity index (χ4n) is 3.27. The first-order valence-corrected chi connectivity index (χ1v) is 8.71. The number of para-hydroxylation sites is 2. The Morgan fingerprint density at radius 3 is 2.43 bits per heavy atom. The van der Waals surface area contributed by atoms with Crippen LogP contribution in [0.5, 0.6) is 0 Å². The molecule has 1 aromatic heterocycles. The third-order valence-corrected chi connectivity index (χ3v) is 4.56. The largest absolute Gasteiger partial charge is 0.416 e. The van der Waals surface area contributed by atoms with E-state index in [0.29, 0.717) is 17.9 Å². The Kier molecular flexibility index (Phi) is 4.41. The van der Waals surface area contributed by atoms with Gasteiger partial charge in [0.25, 0.3) is 0 Å². The van der Waals surface area contributed by atoms with Gasteiger partial charge in [-0.15, -0.1) is 0 Å². The van der Waals surface area contributed by atoms with Gasteiger partial charge in [-0.05, 0) is 36.4 Å². The zero-order chi connectivity index (χ0) is 19.9. The molecule has 0 bridgehead atoms. The molecule has 4 rings (SSSR count). The number of aryl methyl sites for hydroxylation is 1. The molecule has 28 heavy (non-hydrogen) atoms. The predicted octanol–water partition coefficient (Wildman–Crippen LogP) is 5.26. The lowest BCUT2D eigenvalue weighted by atomic mass is 10.2. The molecule has 0 radical (unpaired) electrons. The third-order valence-electron chi connectivity index (χ3n) is 4.56. The number of halogens is 4. The highest BCUT2D eigenvalue weighted by molar-refractivity contribution is 5.93. The Labute approximate surface area is 158 Å². The van der Waals surface area contributed by atoms with Crippen LogP contribution in [0.4, 0.5) is 23.2 Å². The van der Waals surface area contributed by atoms with E-state index < -0.39 is 17.6 Å². The van der Waals surface area contributed by atoms with Gasteiger partial charge >= 0.3 is 6.18 Å². The van der Waals surface area contributed by atoms with E-state index in [9.17, 15) is 17.6 Å². The second-order valence-corrected chi connectivity index (χ2v) is 6.30. The summed E-state index contributed by atoms with van der Waals surface area (Å²) in [5.74, 6) is 0.267. The van der Waals surface area contributed by atoms with E-state index in [4.69, 9.17) is 0 Å². The highest BCUT2D eigenvalue weighted by atomic mass is 19.4. The number of alkyl halides is 3. The summed E-state index contributed by atoms with van der Waals surface area (Å²) in [5, 5.41) is 0. The number of hydrogen-bond acceptors (Lipinski definition) is 3. The number of fused-ring (bicyclic) bond motifs is 1. The van der Waals surface area contributed by atoms with E-state index in [-0.39, 0.29) is 12.5 Å². The minimum Gasteiger partial charge on any atom is -0.305 e. The lowest BCUT2D eigenvalue weighted by molar-refractivity contribution is -0.137. The molecule has 0 N–H and O–H groups in total. The van der Waals surface area contributed by atoms with Gasteiger partial charge in [-0.1, -0.05) is 19.1 Å². The number of hydrogen-bond donors (Lipinski definition) is 0. The van der Waals surface area contributed by atoms with E-state index in [1.807, 2.05) is 31.2 Å². The molecule has 144 valence electrons. The number of aliphatic imine (C=N–C) groups is 1. The monoisotopic (exact) mass is 388 g/mol. The van der Waals surface area contributed by atoms with Crippen molar-refractivity contribution in [3.63, 3.8) is 0 Å². The Morgan fingerprint density at radius 2 is 1.75 bits per heavy atom. The molecule has 2 heterocycles. The number of anilines is 1. The van der Waals surface area contributed by atoms with Crippen molar-refractivity contribution in [3.8, 4) is 0 Å². The van der Waals surface area contributed by atoms with Crippen molar-refractivity contribution in [2.45, 2.75) is 19.5 Å². The molecule has 4 nitrogen and oxygen atoms in total. The number of aromatic nitrogens is 2. The van der Waals surface area contributed by atoms with Crippen molar-refractivity contribution < 1.29 is 17.6 Å². The van der Waals surface area contributed by atoms with Gasteiger partial charge in [0.05, 0.1) is 22.8 Å². The summed E-state index contributed by atoms with van der Waals surface area (Å²) >= 11 is 0. The van der Waals surface area contributed by atoms with Gasteiger partial charge in [0.2, 0.25) is 0 Å². The number of nitrogens with zero attached hydrogens (tertiary/aromatic N) is 4. The highest BCUT2D eigenvalue weighted by Crippen LogP contribution is 2.34. The molecule has 2 aromatic carbocycles. The first kappa shape index (κ1) is 18.2. The van der Waals surface area contributed by atoms with Gasteiger partial charge in [-0.3, -0.25) is 9.56 Å². The van der Waals surface area contributed by atoms with Crippen LogP contribution in [0.3, 0.4) is 0 Å². The van der Waals surface area contributed by atoms with Crippen LogP contribution in [0.2, 0.25) is 0 Å². The average Bonchev–Trinajstić information content (AvgIpc) is 3.05. The molecule has 1 aliphatic heterocycles. The molecule has 0 aliphatic carbocycles. The maximum absolute atomic E-state index is 14.9. The van der Waals surface area contributed by atoms with E-state index in [1.165, 1.54) is 12.1 Å². The van der Waals surface area contributed by atoms with E-state index >= 15 is 0 Å². The van der Waals surface area contributed by atoms with Crippen LogP contribution in [0.1, 0.15) is 18.3 Å². The molecule has 0 saturated heterocycles. The maximum atomic E-state index is 14.9. The van der Waals surface area contributed by atoms with Crippen molar-refractivity contribution in [2.24, 2.45) is 4.99 Å². The first-order chi connectivity index (χ1) is 13.4. The predicted molar refractivity (Wildman–Crippen MR) is 101 cm³/mol. The fourth-order valence-corrected chi connectivity index (χ4v) is 3.27. The minimum absolute atomic E-state index is 0.0871. The Hall–Kier alpha value is -3.16. The van der Waals surface area contributed by atoms with Gasteiger partial charge < -0.3 is 4.90 Å². The summed E-state index contributed by atoms with van der Waals surface area (Å²) in [4.78, 5) is 10.1. The van der Waals surface area contributed by atoms with Crippen LogP contribution in [0.25, 0.3) is 16.9 Å². The lowest BCUT2D eigenvalue weighted by Crippen LogP contribution is -2.30. The van der Waals surface area contributed by atoms with Crippen LogP contribution in [-0.2, 0) is 12.6 Å². The zero-order valence-electron chi connectivity index (χ0n) is 14.9. The SMILES string of the molecule is CCc1nc2ccccc2n1C1=C(F)C=NCN1c1ccc(C(F)(F)F)cc1. The normalized spacial score (nSPS) is 15.0. The van der Waals surface area contributed by atoms with E-state index in [2.05, 4.69) is 9.98 Å². The van der Waals surface area contributed by atoms with Crippen molar-refractivity contribution in [1.29, 1.82) is 0 Å². The van der Waals surface area contributed by atoms with Crippen molar-refractivity contribution in [1.82, 2.24) is 9.55 Å². The molecule has 0 saturated carbocycles. The molecule has 1 aliphatic rings. The Morgan fingerprint density at radius 1 is 1.04 bits per heavy atom. The molecular weight excluding hydrogens is 372 g/mol. The quantitative estimate of drug-likeness (QED) is 0.574. The van der Waals surface area contributed by atoms with E-state index in [1.54, 1.807) is 9.47 Å². The Bertz CT molecular complexity index is 1080. The van der Waals surface area contributed by atoms with Crippen molar-refractivity contribution in [2.75, 3.05) is 11.6 Å². The molecule has 0 atom stereocenters. The Balaban J connectivity index is 1.86. The van der Waals surface area contributed by atoms with Gasteiger partial charge in [0.1, 0.15) is 12.5 Å². The highest BCUT2D eigenvalue weighted by Gasteiger charge is 2.31. The van der Waals surface area contributed by atoms with Crippen LogP contribution < -0.4 is 4.90 Å². The molecule has 0 unspecified atom stereocenters. The first-order valence-electron chi connectivity index (χ1n) is 8.71. The van der Waals surface area contributed by atoms with Crippen molar-refractivity contribution in [3.05, 3.63) is 65.7 Å². The third kappa shape index (κ3) is 3.04. The van der Waals surface area contributed by atoms with Gasteiger partial charge in [-0.25, -0.2) is 9.37 Å². The van der Waals surface area contributed by atoms with Crippen LogP contribution in [0, 0.1) is 0 Å². The summed E-state index contributed by atoms with van der Waals surface area (Å²) in [5.41, 5.74) is 1.09. The smallest absolute Gasteiger partial charge is 0.305 e. The number of rotatable bonds is 3. The topological polar surface area (TPSA) is 33.4 Å². The molecule has 8 heteroatoms. The van der Waals surface area contributed by atoms with Crippen molar-refractivity contribution >= 4 is 28.8 Å². The minimum atomic E-state index is -4.43. The molecule has 3 aromatic rings. The standard InChI is InChI=1S/C20H16F4N4/c1-2-18-26-16-5-3-4-6-17(16)28(18)19-15(21)11-25-12-27(19)14-9-7-13(8-10-14)20(22,23)24/h3-11H,2,12H2,1H3. The summed E-state index contributed by atoms with van der Waals surface area (Å²) < 4.78 is 55.3. The molecular formula is C20H16F4N4. The van der Waals surface area contributed by atoms with Gasteiger partial charge in [0, 0.05) is 12.1 Å². The van der Waals surface area contributed by atoms with Crippen LogP contribution >= 0.6 is 0 Å².